The Balaban J connectivity index is 2.12. The smallest absolute Gasteiger partial charge is 0.257 e. The predicted octanol–water partition coefficient (Wildman–Crippen LogP) is 2.37. The van der Waals surface area contributed by atoms with Gasteiger partial charge in [0.15, 0.2) is 0 Å². The second-order valence-electron chi connectivity index (χ2n) is 4.27. The van der Waals surface area contributed by atoms with E-state index in [9.17, 15) is 4.79 Å². The van der Waals surface area contributed by atoms with Gasteiger partial charge in [-0.05, 0) is 37.6 Å². The molecule has 0 spiro atoms. The van der Waals surface area contributed by atoms with Crippen molar-refractivity contribution in [2.24, 2.45) is 0 Å². The van der Waals surface area contributed by atoms with Crippen LogP contribution in [0.5, 0.6) is 5.88 Å². The number of carbonyl (C=O) groups excluding carboxylic acids is 1. The molecule has 0 saturated carbocycles. The lowest BCUT2D eigenvalue weighted by atomic mass is 10.1. The molecule has 0 aromatic carbocycles. The van der Waals surface area contributed by atoms with Gasteiger partial charge in [0.25, 0.3) is 5.91 Å². The van der Waals surface area contributed by atoms with Gasteiger partial charge in [0, 0.05) is 18.6 Å². The Morgan fingerprint density at radius 1 is 1.35 bits per heavy atom. The van der Waals surface area contributed by atoms with E-state index in [1.807, 2.05) is 26.0 Å². The second-order valence-corrected chi connectivity index (χ2v) is 4.27. The van der Waals surface area contributed by atoms with Gasteiger partial charge in [0.2, 0.25) is 5.88 Å². The van der Waals surface area contributed by atoms with Crippen molar-refractivity contribution in [2.45, 2.75) is 19.9 Å². The summed E-state index contributed by atoms with van der Waals surface area (Å²) in [5.41, 5.74) is 1.38. The predicted molar refractivity (Wildman–Crippen MR) is 75.5 cm³/mol. The molecule has 2 heterocycles. The molecule has 1 amide bonds. The van der Waals surface area contributed by atoms with Crippen molar-refractivity contribution in [3.8, 4) is 5.88 Å². The molecular weight excluding hydrogens is 254 g/mol. The quantitative estimate of drug-likeness (QED) is 0.906. The van der Waals surface area contributed by atoms with Gasteiger partial charge in [-0.2, -0.15) is 0 Å². The highest BCUT2D eigenvalue weighted by Crippen LogP contribution is 2.16. The van der Waals surface area contributed by atoms with E-state index in [0.717, 1.165) is 5.56 Å². The molecule has 1 atom stereocenters. The highest BCUT2D eigenvalue weighted by molar-refractivity contribution is 5.96. The molecule has 1 N–H and O–H groups in total. The Hall–Kier alpha value is -2.43. The van der Waals surface area contributed by atoms with Crippen LogP contribution in [0.2, 0.25) is 0 Å². The van der Waals surface area contributed by atoms with Crippen LogP contribution in [-0.4, -0.2) is 22.5 Å². The van der Waals surface area contributed by atoms with E-state index >= 15 is 0 Å². The molecule has 20 heavy (non-hydrogen) atoms. The molecule has 0 radical (unpaired) electrons. The van der Waals surface area contributed by atoms with Crippen molar-refractivity contribution in [3.63, 3.8) is 0 Å². The van der Waals surface area contributed by atoms with Crippen LogP contribution < -0.4 is 10.1 Å². The first kappa shape index (κ1) is 14.0. The lowest BCUT2D eigenvalue weighted by Crippen LogP contribution is -2.27. The first-order valence-corrected chi connectivity index (χ1v) is 6.51. The van der Waals surface area contributed by atoms with E-state index in [0.29, 0.717) is 18.1 Å². The highest BCUT2D eigenvalue weighted by atomic mass is 16.5. The van der Waals surface area contributed by atoms with Crippen molar-refractivity contribution < 1.29 is 9.53 Å². The van der Waals surface area contributed by atoms with Crippen LogP contribution in [0.25, 0.3) is 0 Å². The molecule has 104 valence electrons. The van der Waals surface area contributed by atoms with Crippen molar-refractivity contribution in [2.75, 3.05) is 6.61 Å². The van der Waals surface area contributed by atoms with Crippen molar-refractivity contribution >= 4 is 5.91 Å². The molecule has 2 aromatic heterocycles. The van der Waals surface area contributed by atoms with Gasteiger partial charge in [-0.25, -0.2) is 4.98 Å². The normalized spacial score (nSPS) is 11.7. The first-order valence-electron chi connectivity index (χ1n) is 6.51. The minimum absolute atomic E-state index is 0.133. The van der Waals surface area contributed by atoms with Crippen LogP contribution >= 0.6 is 0 Å². The average molecular weight is 271 g/mol. The highest BCUT2D eigenvalue weighted by Gasteiger charge is 2.16. The molecule has 0 aliphatic carbocycles. The van der Waals surface area contributed by atoms with Gasteiger partial charge in [0.05, 0.1) is 12.6 Å². The molecule has 2 rings (SSSR count). The number of hydrogen-bond acceptors (Lipinski definition) is 4. The number of hydrogen-bond donors (Lipinski definition) is 1. The molecule has 5 heteroatoms. The lowest BCUT2D eigenvalue weighted by Gasteiger charge is -2.15. The molecule has 0 fully saturated rings. The molecule has 0 aliphatic heterocycles. The van der Waals surface area contributed by atoms with E-state index in [1.165, 1.54) is 0 Å². The van der Waals surface area contributed by atoms with Crippen LogP contribution in [0.4, 0.5) is 0 Å². The minimum Gasteiger partial charge on any atom is -0.477 e. The van der Waals surface area contributed by atoms with Crippen LogP contribution in [0.15, 0.2) is 42.9 Å². The number of ether oxygens (including phenoxy) is 1. The summed E-state index contributed by atoms with van der Waals surface area (Å²) >= 11 is 0. The summed E-state index contributed by atoms with van der Waals surface area (Å²) in [6, 6.07) is 7.04. The zero-order valence-electron chi connectivity index (χ0n) is 11.5. The maximum Gasteiger partial charge on any atom is 0.257 e. The summed E-state index contributed by atoms with van der Waals surface area (Å²) in [6.07, 6.45) is 5.04. The van der Waals surface area contributed by atoms with E-state index in [1.54, 1.807) is 30.7 Å². The maximum atomic E-state index is 12.3. The SMILES string of the molecule is CCOc1ncccc1C(=O)NC(C)c1cccnc1. The van der Waals surface area contributed by atoms with Crippen molar-refractivity contribution in [3.05, 3.63) is 54.0 Å². The fraction of sp³-hybridized carbons (Fsp3) is 0.267. The number of nitrogens with one attached hydrogen (secondary N) is 1. The Bertz CT molecular complexity index is 572. The Morgan fingerprint density at radius 3 is 2.85 bits per heavy atom. The second kappa shape index (κ2) is 6.65. The number of pyridine rings is 2. The molecule has 0 bridgehead atoms. The van der Waals surface area contributed by atoms with Crippen LogP contribution in [0.3, 0.4) is 0 Å². The minimum atomic E-state index is -0.210. The Morgan fingerprint density at radius 2 is 2.15 bits per heavy atom. The molecule has 5 nitrogen and oxygen atoms in total. The van der Waals surface area contributed by atoms with Gasteiger partial charge in [-0.1, -0.05) is 6.07 Å². The van der Waals surface area contributed by atoms with Crippen molar-refractivity contribution in [1.29, 1.82) is 0 Å². The van der Waals surface area contributed by atoms with Gasteiger partial charge >= 0.3 is 0 Å². The van der Waals surface area contributed by atoms with Crippen molar-refractivity contribution in [1.82, 2.24) is 15.3 Å². The molecule has 0 saturated heterocycles. The third-order valence-corrected chi connectivity index (χ3v) is 2.83. The number of amides is 1. The third kappa shape index (κ3) is 3.32. The van der Waals surface area contributed by atoms with Gasteiger partial charge in [-0.3, -0.25) is 9.78 Å². The van der Waals surface area contributed by atoms with E-state index < -0.39 is 0 Å². The summed E-state index contributed by atoms with van der Waals surface area (Å²) < 4.78 is 5.36. The van der Waals surface area contributed by atoms with E-state index in [2.05, 4.69) is 15.3 Å². The third-order valence-electron chi connectivity index (χ3n) is 2.83. The molecular formula is C15H17N3O2. The molecule has 0 aliphatic rings. The largest absolute Gasteiger partial charge is 0.477 e. The van der Waals surface area contributed by atoms with Gasteiger partial charge in [0.1, 0.15) is 5.56 Å². The summed E-state index contributed by atoms with van der Waals surface area (Å²) in [6.45, 7) is 4.23. The summed E-state index contributed by atoms with van der Waals surface area (Å²) in [5.74, 6) is 0.142. The van der Waals surface area contributed by atoms with Gasteiger partial charge in [-0.15, -0.1) is 0 Å². The number of aromatic nitrogens is 2. The maximum absolute atomic E-state index is 12.3. The Kier molecular flexibility index (Phi) is 4.65. The number of carbonyl (C=O) groups is 1. The first-order chi connectivity index (χ1) is 9.72. The zero-order valence-corrected chi connectivity index (χ0v) is 11.5. The fourth-order valence-corrected chi connectivity index (χ4v) is 1.81. The van der Waals surface area contributed by atoms with Crippen LogP contribution in [0, 0.1) is 0 Å². The zero-order chi connectivity index (χ0) is 14.4. The van der Waals surface area contributed by atoms with E-state index in [4.69, 9.17) is 4.74 Å². The lowest BCUT2D eigenvalue weighted by molar-refractivity contribution is 0.0935. The standard InChI is InChI=1S/C15H17N3O2/c1-3-20-15-13(7-5-9-17-15)14(19)18-11(2)12-6-4-8-16-10-12/h4-11H,3H2,1-2H3,(H,18,19). The number of rotatable bonds is 5. The van der Waals surface area contributed by atoms with Gasteiger partial charge < -0.3 is 10.1 Å². The van der Waals surface area contributed by atoms with E-state index in [-0.39, 0.29) is 11.9 Å². The summed E-state index contributed by atoms with van der Waals surface area (Å²) in [4.78, 5) is 20.4. The fourth-order valence-electron chi connectivity index (χ4n) is 1.81. The van der Waals surface area contributed by atoms with Crippen LogP contribution in [-0.2, 0) is 0 Å². The average Bonchev–Trinajstić information content (AvgIpc) is 2.49. The van der Waals surface area contributed by atoms with Crippen LogP contribution in [0.1, 0.15) is 35.8 Å². The monoisotopic (exact) mass is 271 g/mol. The Labute approximate surface area is 118 Å². The summed E-state index contributed by atoms with van der Waals surface area (Å²) in [7, 11) is 0. The molecule has 2 aromatic rings. The number of nitrogens with zero attached hydrogens (tertiary/aromatic N) is 2. The summed E-state index contributed by atoms with van der Waals surface area (Å²) in [5, 5.41) is 2.91. The molecule has 1 unspecified atom stereocenters. The topological polar surface area (TPSA) is 64.1 Å².